The third-order valence-corrected chi connectivity index (χ3v) is 6.01. The zero-order chi connectivity index (χ0) is 18.8. The first kappa shape index (κ1) is 18.6. The monoisotopic (exact) mass is 372 g/mol. The molecule has 2 nitrogen and oxygen atoms in total. The van der Waals surface area contributed by atoms with Crippen LogP contribution in [0.15, 0.2) is 42.5 Å². The summed E-state index contributed by atoms with van der Waals surface area (Å²) >= 11 is 0. The van der Waals surface area contributed by atoms with Gasteiger partial charge in [-0.3, -0.25) is 0 Å². The van der Waals surface area contributed by atoms with Crippen LogP contribution in [0.25, 0.3) is 11.1 Å². The van der Waals surface area contributed by atoms with Crippen molar-refractivity contribution < 1.29 is 18.3 Å². The van der Waals surface area contributed by atoms with Crippen LogP contribution in [0.4, 0.5) is 8.78 Å². The highest BCUT2D eigenvalue weighted by molar-refractivity contribution is 5.64. The lowest BCUT2D eigenvalue weighted by atomic mass is 9.82. The maximum Gasteiger partial charge on any atom is 0.166 e. The summed E-state index contributed by atoms with van der Waals surface area (Å²) in [5.41, 5.74) is 1.29. The first-order chi connectivity index (χ1) is 13.1. The molecule has 0 amide bonds. The van der Waals surface area contributed by atoms with Crippen LogP contribution >= 0.6 is 0 Å². The average Bonchev–Trinajstić information content (AvgIpc) is 2.71. The van der Waals surface area contributed by atoms with Gasteiger partial charge in [0.05, 0.1) is 13.2 Å². The van der Waals surface area contributed by atoms with Crippen LogP contribution < -0.4 is 0 Å². The summed E-state index contributed by atoms with van der Waals surface area (Å²) in [7, 11) is 0. The van der Waals surface area contributed by atoms with E-state index < -0.39 is 11.6 Å². The molecule has 27 heavy (non-hydrogen) atoms. The lowest BCUT2D eigenvalue weighted by Crippen LogP contribution is -2.37. The van der Waals surface area contributed by atoms with Gasteiger partial charge >= 0.3 is 0 Å². The van der Waals surface area contributed by atoms with E-state index in [1.165, 1.54) is 12.8 Å². The zero-order valence-corrected chi connectivity index (χ0v) is 15.7. The van der Waals surface area contributed by atoms with Crippen LogP contribution in [-0.2, 0) is 9.47 Å². The lowest BCUT2D eigenvalue weighted by molar-refractivity contribution is -0.218. The minimum absolute atomic E-state index is 0.203. The van der Waals surface area contributed by atoms with Crippen molar-refractivity contribution in [3.8, 4) is 11.1 Å². The van der Waals surface area contributed by atoms with Gasteiger partial charge in [-0.25, -0.2) is 8.78 Å². The summed E-state index contributed by atoms with van der Waals surface area (Å²) in [6.07, 6.45) is 4.44. The molecule has 2 aromatic carbocycles. The third kappa shape index (κ3) is 3.92. The molecular weight excluding hydrogens is 346 g/mol. The molecule has 144 valence electrons. The fraction of sp³-hybridized carbons (Fsp3) is 0.478. The highest BCUT2D eigenvalue weighted by atomic mass is 19.2. The Morgan fingerprint density at radius 3 is 2.15 bits per heavy atom. The molecule has 1 heterocycles. The van der Waals surface area contributed by atoms with Crippen molar-refractivity contribution in [1.82, 2.24) is 0 Å². The van der Waals surface area contributed by atoms with E-state index >= 15 is 0 Å². The molecule has 0 bridgehead atoms. The van der Waals surface area contributed by atoms with Gasteiger partial charge < -0.3 is 9.47 Å². The van der Waals surface area contributed by atoms with E-state index in [9.17, 15) is 8.78 Å². The quantitative estimate of drug-likeness (QED) is 0.666. The Morgan fingerprint density at radius 1 is 0.815 bits per heavy atom. The minimum atomic E-state index is -0.804. The second-order valence-electron chi connectivity index (χ2n) is 7.95. The van der Waals surface area contributed by atoms with Crippen LogP contribution in [-0.4, -0.2) is 19.5 Å². The fourth-order valence-electron chi connectivity index (χ4n) is 4.25. The molecular formula is C23H26F2O2. The second kappa shape index (κ2) is 8.07. The molecule has 4 heteroatoms. The number of halogens is 2. The number of benzene rings is 2. The first-order valence-electron chi connectivity index (χ1n) is 9.90. The van der Waals surface area contributed by atoms with Gasteiger partial charge in [0, 0.05) is 17.4 Å². The molecule has 2 fully saturated rings. The smallest absolute Gasteiger partial charge is 0.166 e. The molecule has 0 radical (unpaired) electrons. The van der Waals surface area contributed by atoms with E-state index in [4.69, 9.17) is 9.47 Å². The number of hydrogen-bond acceptors (Lipinski definition) is 2. The van der Waals surface area contributed by atoms with Crippen molar-refractivity contribution in [3.63, 3.8) is 0 Å². The maximum absolute atomic E-state index is 14.7. The molecule has 2 aliphatic rings. The summed E-state index contributed by atoms with van der Waals surface area (Å²) in [6, 6.07) is 12.4. The molecule has 0 spiro atoms. The number of ether oxygens (including phenoxy) is 2. The van der Waals surface area contributed by atoms with Crippen LogP contribution in [0.1, 0.15) is 44.1 Å². The molecule has 1 aliphatic heterocycles. The second-order valence-corrected chi connectivity index (χ2v) is 7.95. The van der Waals surface area contributed by atoms with Gasteiger partial charge in [-0.1, -0.05) is 62.2 Å². The SMILES string of the molecule is CC1CCC(C2OCC(c3ccc(-c4ccccc4)c(F)c3F)CO2)CC1. The van der Waals surface area contributed by atoms with Gasteiger partial charge in [0.2, 0.25) is 0 Å². The summed E-state index contributed by atoms with van der Waals surface area (Å²) in [5.74, 6) is -0.675. The Hall–Kier alpha value is -1.78. The normalized spacial score (nSPS) is 28.9. The predicted octanol–water partition coefficient (Wildman–Crippen LogP) is 5.91. The summed E-state index contributed by atoms with van der Waals surface area (Å²) in [6.45, 7) is 3.03. The van der Waals surface area contributed by atoms with Crippen molar-refractivity contribution >= 4 is 0 Å². The van der Waals surface area contributed by atoms with Gasteiger partial charge in [0.25, 0.3) is 0 Å². The summed E-state index contributed by atoms with van der Waals surface area (Å²) in [5, 5.41) is 0. The van der Waals surface area contributed by atoms with E-state index in [1.54, 1.807) is 24.3 Å². The Morgan fingerprint density at radius 2 is 1.48 bits per heavy atom. The van der Waals surface area contributed by atoms with Gasteiger partial charge in [-0.15, -0.1) is 0 Å². The summed E-state index contributed by atoms with van der Waals surface area (Å²) in [4.78, 5) is 0. The Labute approximate surface area is 159 Å². The first-order valence-corrected chi connectivity index (χ1v) is 9.90. The van der Waals surface area contributed by atoms with Gasteiger partial charge in [-0.05, 0) is 29.9 Å². The lowest BCUT2D eigenvalue weighted by Gasteiger charge is -2.37. The average molecular weight is 372 g/mol. The molecule has 1 saturated carbocycles. The number of rotatable bonds is 3. The molecule has 0 atom stereocenters. The van der Waals surface area contributed by atoms with Crippen LogP contribution in [0, 0.1) is 23.5 Å². The molecule has 1 aliphatic carbocycles. The zero-order valence-electron chi connectivity index (χ0n) is 15.7. The molecule has 2 aromatic rings. The van der Waals surface area contributed by atoms with Crippen molar-refractivity contribution in [1.29, 1.82) is 0 Å². The third-order valence-electron chi connectivity index (χ3n) is 6.01. The van der Waals surface area contributed by atoms with Gasteiger partial charge in [-0.2, -0.15) is 0 Å². The minimum Gasteiger partial charge on any atom is -0.352 e. The highest BCUT2D eigenvalue weighted by Crippen LogP contribution is 2.36. The molecule has 0 unspecified atom stereocenters. The van der Waals surface area contributed by atoms with Crippen LogP contribution in [0.3, 0.4) is 0 Å². The maximum atomic E-state index is 14.7. The van der Waals surface area contributed by atoms with E-state index in [2.05, 4.69) is 6.92 Å². The predicted molar refractivity (Wildman–Crippen MR) is 101 cm³/mol. The van der Waals surface area contributed by atoms with Crippen molar-refractivity contribution in [2.24, 2.45) is 11.8 Å². The molecule has 0 aromatic heterocycles. The van der Waals surface area contributed by atoms with E-state index in [1.807, 2.05) is 18.2 Å². The fourth-order valence-corrected chi connectivity index (χ4v) is 4.25. The van der Waals surface area contributed by atoms with Gasteiger partial charge in [0.1, 0.15) is 0 Å². The van der Waals surface area contributed by atoms with Crippen molar-refractivity contribution in [2.75, 3.05) is 13.2 Å². The largest absolute Gasteiger partial charge is 0.352 e. The topological polar surface area (TPSA) is 18.5 Å². The molecule has 1 saturated heterocycles. The summed E-state index contributed by atoms with van der Waals surface area (Å²) < 4.78 is 41.2. The standard InChI is InChI=1S/C23H26F2O2/c1-15-7-9-17(10-8-15)23-26-13-18(14-27-23)20-12-11-19(21(24)22(20)25)16-5-3-2-4-6-16/h2-6,11-12,15,17-18,23H,7-10,13-14H2,1H3. The molecule has 4 rings (SSSR count). The van der Waals surface area contributed by atoms with Crippen molar-refractivity contribution in [3.05, 3.63) is 59.7 Å². The van der Waals surface area contributed by atoms with Crippen LogP contribution in [0.5, 0.6) is 0 Å². The Kier molecular flexibility index (Phi) is 5.55. The Bertz CT molecular complexity index is 761. The number of hydrogen-bond donors (Lipinski definition) is 0. The molecule has 0 N–H and O–H groups in total. The van der Waals surface area contributed by atoms with E-state index in [-0.39, 0.29) is 17.8 Å². The van der Waals surface area contributed by atoms with E-state index in [0.717, 1.165) is 18.8 Å². The van der Waals surface area contributed by atoms with Crippen molar-refractivity contribution in [2.45, 2.75) is 44.8 Å². The van der Waals surface area contributed by atoms with E-state index in [0.29, 0.717) is 30.3 Å². The highest BCUT2D eigenvalue weighted by Gasteiger charge is 2.33. The Balaban J connectivity index is 1.45. The van der Waals surface area contributed by atoms with Crippen LogP contribution in [0.2, 0.25) is 0 Å². The van der Waals surface area contributed by atoms with Gasteiger partial charge in [0.15, 0.2) is 17.9 Å².